The smallest absolute Gasteiger partial charge is 0.315 e. The van der Waals surface area contributed by atoms with Gasteiger partial charge in [0.1, 0.15) is 0 Å². The molecule has 0 aromatic heterocycles. The lowest BCUT2D eigenvalue weighted by molar-refractivity contribution is 0.214. The van der Waals surface area contributed by atoms with Gasteiger partial charge in [-0.25, -0.2) is 4.79 Å². The summed E-state index contributed by atoms with van der Waals surface area (Å²) in [5.74, 6) is 3.25. The van der Waals surface area contributed by atoms with Crippen LogP contribution in [-0.2, 0) is 0 Å². The molecular weight excluding hydrogens is 272 g/mol. The number of hydrogen-bond acceptors (Lipinski definition) is 3. The largest absolute Gasteiger partial charge is 0.396 e. The number of rotatable bonds is 7. The van der Waals surface area contributed by atoms with Crippen molar-refractivity contribution in [2.75, 3.05) is 18.6 Å². The highest BCUT2D eigenvalue weighted by molar-refractivity contribution is 7.98. The molecule has 2 bridgehead atoms. The van der Waals surface area contributed by atoms with Gasteiger partial charge in [-0.15, -0.1) is 0 Å². The van der Waals surface area contributed by atoms with Crippen LogP contribution >= 0.6 is 11.8 Å². The number of thioether (sulfide) groups is 1. The van der Waals surface area contributed by atoms with Crippen molar-refractivity contribution in [1.29, 1.82) is 0 Å². The van der Waals surface area contributed by atoms with E-state index in [4.69, 9.17) is 5.11 Å². The first-order valence-electron chi connectivity index (χ1n) is 7.80. The number of hydrogen-bond donors (Lipinski definition) is 3. The van der Waals surface area contributed by atoms with Crippen LogP contribution in [-0.4, -0.2) is 41.8 Å². The van der Waals surface area contributed by atoms with Gasteiger partial charge in [-0.3, -0.25) is 0 Å². The molecule has 20 heavy (non-hydrogen) atoms. The Hall–Kier alpha value is -0.420. The Kier molecular flexibility index (Phi) is 6.02. The van der Waals surface area contributed by atoms with E-state index in [9.17, 15) is 4.79 Å². The van der Waals surface area contributed by atoms with Crippen LogP contribution in [0.3, 0.4) is 0 Å². The number of fused-ring (bicyclic) bond motifs is 2. The van der Waals surface area contributed by atoms with Crippen molar-refractivity contribution < 1.29 is 9.90 Å². The molecule has 0 heterocycles. The van der Waals surface area contributed by atoms with Crippen LogP contribution in [0, 0.1) is 17.8 Å². The first-order chi connectivity index (χ1) is 9.63. The summed E-state index contributed by atoms with van der Waals surface area (Å²) in [7, 11) is 0. The minimum atomic E-state index is -0.0761. The standard InChI is InChI=1S/C15H28N2O2S/c1-10(14-8-11-3-4-12(14)7-11)16-15(19)17-13(5-6-18)9-20-2/h10-14,18H,3-9H2,1-2H3,(H2,16,17,19). The van der Waals surface area contributed by atoms with Gasteiger partial charge >= 0.3 is 6.03 Å². The summed E-state index contributed by atoms with van der Waals surface area (Å²) in [6, 6.07) is 0.240. The van der Waals surface area contributed by atoms with E-state index < -0.39 is 0 Å². The normalized spacial score (nSPS) is 31.1. The monoisotopic (exact) mass is 300 g/mol. The predicted octanol–water partition coefficient (Wildman–Crippen LogP) is 2.22. The molecule has 0 saturated heterocycles. The number of urea groups is 1. The van der Waals surface area contributed by atoms with Crippen molar-refractivity contribution in [3.8, 4) is 0 Å². The minimum absolute atomic E-state index is 0.0576. The van der Waals surface area contributed by atoms with Crippen molar-refractivity contribution in [1.82, 2.24) is 10.6 Å². The maximum absolute atomic E-state index is 12.1. The van der Waals surface area contributed by atoms with Gasteiger partial charge in [-0.05, 0) is 56.6 Å². The quantitative estimate of drug-likeness (QED) is 0.675. The molecule has 5 unspecified atom stereocenters. The second kappa shape index (κ2) is 7.55. The van der Waals surface area contributed by atoms with Gasteiger partial charge in [0.25, 0.3) is 0 Å². The molecule has 0 spiro atoms. The second-order valence-corrected chi connectivity index (χ2v) is 7.32. The zero-order valence-electron chi connectivity index (χ0n) is 12.6. The summed E-state index contributed by atoms with van der Waals surface area (Å²) in [6.45, 7) is 2.26. The molecule has 4 nitrogen and oxygen atoms in total. The average molecular weight is 300 g/mol. The molecule has 5 atom stereocenters. The molecule has 3 N–H and O–H groups in total. The van der Waals surface area contributed by atoms with E-state index >= 15 is 0 Å². The van der Waals surface area contributed by atoms with Gasteiger partial charge in [-0.2, -0.15) is 11.8 Å². The Morgan fingerprint density at radius 2 is 2.15 bits per heavy atom. The zero-order valence-corrected chi connectivity index (χ0v) is 13.4. The number of aliphatic hydroxyl groups excluding tert-OH is 1. The predicted molar refractivity (Wildman–Crippen MR) is 83.9 cm³/mol. The number of aliphatic hydroxyl groups is 1. The summed E-state index contributed by atoms with van der Waals surface area (Å²) < 4.78 is 0. The Labute approximate surface area is 126 Å². The molecule has 0 aromatic rings. The van der Waals surface area contributed by atoms with Crippen molar-refractivity contribution in [2.45, 2.75) is 51.1 Å². The van der Waals surface area contributed by atoms with Gasteiger partial charge in [0, 0.05) is 24.4 Å². The Morgan fingerprint density at radius 1 is 1.35 bits per heavy atom. The molecule has 0 aromatic carbocycles. The van der Waals surface area contributed by atoms with Crippen molar-refractivity contribution in [3.05, 3.63) is 0 Å². The number of nitrogens with one attached hydrogen (secondary N) is 2. The van der Waals surface area contributed by atoms with E-state index in [1.54, 1.807) is 11.8 Å². The average Bonchev–Trinajstić information content (AvgIpc) is 3.01. The first-order valence-corrected chi connectivity index (χ1v) is 9.20. The van der Waals surface area contributed by atoms with E-state index in [0.29, 0.717) is 12.3 Å². The summed E-state index contributed by atoms with van der Waals surface area (Å²) in [5, 5.41) is 15.1. The number of carbonyl (C=O) groups is 1. The molecule has 2 amide bonds. The zero-order chi connectivity index (χ0) is 14.5. The first kappa shape index (κ1) is 16.0. The SMILES string of the molecule is CSCC(CCO)NC(=O)NC(C)C1CC2CCC1C2. The van der Waals surface area contributed by atoms with Crippen LogP contribution in [0.5, 0.6) is 0 Å². The lowest BCUT2D eigenvalue weighted by atomic mass is 9.84. The lowest BCUT2D eigenvalue weighted by Crippen LogP contribution is -2.49. The topological polar surface area (TPSA) is 61.4 Å². The molecule has 116 valence electrons. The molecule has 2 saturated carbocycles. The van der Waals surface area contributed by atoms with Crippen LogP contribution in [0.15, 0.2) is 0 Å². The number of carbonyl (C=O) groups excluding carboxylic acids is 1. The van der Waals surface area contributed by atoms with Crippen molar-refractivity contribution >= 4 is 17.8 Å². The summed E-state index contributed by atoms with van der Waals surface area (Å²) >= 11 is 1.69. The van der Waals surface area contributed by atoms with Crippen LogP contribution in [0.2, 0.25) is 0 Å². The van der Waals surface area contributed by atoms with E-state index in [1.165, 1.54) is 25.7 Å². The van der Waals surface area contributed by atoms with Crippen LogP contribution in [0.25, 0.3) is 0 Å². The molecule has 5 heteroatoms. The third-order valence-electron chi connectivity index (χ3n) is 4.97. The van der Waals surface area contributed by atoms with Gasteiger partial charge in [0.2, 0.25) is 0 Å². The molecule has 2 aliphatic rings. The van der Waals surface area contributed by atoms with Gasteiger partial charge in [-0.1, -0.05) is 6.42 Å². The fraction of sp³-hybridized carbons (Fsp3) is 0.933. The molecule has 0 radical (unpaired) electrons. The fourth-order valence-corrected chi connectivity index (χ4v) is 4.65. The van der Waals surface area contributed by atoms with E-state index in [1.807, 2.05) is 6.26 Å². The second-order valence-electron chi connectivity index (χ2n) is 6.41. The van der Waals surface area contributed by atoms with E-state index in [-0.39, 0.29) is 24.7 Å². The lowest BCUT2D eigenvalue weighted by Gasteiger charge is -2.29. The van der Waals surface area contributed by atoms with Gasteiger partial charge in [0.05, 0.1) is 0 Å². The third kappa shape index (κ3) is 4.04. The summed E-state index contributed by atoms with van der Waals surface area (Å²) in [6.07, 6.45) is 8.04. The molecule has 0 aliphatic heterocycles. The number of amides is 2. The van der Waals surface area contributed by atoms with Crippen LogP contribution < -0.4 is 10.6 Å². The van der Waals surface area contributed by atoms with Crippen molar-refractivity contribution in [3.63, 3.8) is 0 Å². The van der Waals surface area contributed by atoms with Crippen molar-refractivity contribution in [2.24, 2.45) is 17.8 Å². The fourth-order valence-electron chi connectivity index (χ4n) is 4.00. The Bertz CT molecular complexity index is 321. The summed E-state index contributed by atoms with van der Waals surface area (Å²) in [5.41, 5.74) is 0. The van der Waals surface area contributed by atoms with Crippen LogP contribution in [0.1, 0.15) is 39.0 Å². The highest BCUT2D eigenvalue weighted by Gasteiger charge is 2.42. The van der Waals surface area contributed by atoms with Crippen LogP contribution in [0.4, 0.5) is 4.79 Å². The Morgan fingerprint density at radius 3 is 2.70 bits per heavy atom. The highest BCUT2D eigenvalue weighted by Crippen LogP contribution is 2.49. The molecule has 2 rings (SSSR count). The van der Waals surface area contributed by atoms with E-state index in [2.05, 4.69) is 17.6 Å². The third-order valence-corrected chi connectivity index (χ3v) is 5.71. The highest BCUT2D eigenvalue weighted by atomic mass is 32.2. The molecule has 2 fully saturated rings. The minimum Gasteiger partial charge on any atom is -0.396 e. The molecule has 2 aliphatic carbocycles. The van der Waals surface area contributed by atoms with Gasteiger partial charge < -0.3 is 15.7 Å². The Balaban J connectivity index is 1.75. The maximum Gasteiger partial charge on any atom is 0.315 e. The maximum atomic E-state index is 12.1. The van der Waals surface area contributed by atoms with Gasteiger partial charge in [0.15, 0.2) is 0 Å². The summed E-state index contributed by atoms with van der Waals surface area (Å²) in [4.78, 5) is 12.1. The molecular formula is C15H28N2O2S. The van der Waals surface area contributed by atoms with E-state index in [0.717, 1.165) is 17.6 Å².